The van der Waals surface area contributed by atoms with Crippen molar-refractivity contribution >= 4 is 11.4 Å². The molecule has 18 heavy (non-hydrogen) atoms. The number of rotatable bonds is 6. The smallest absolute Gasteiger partial charge is 0.292 e. The average molecular weight is 247 g/mol. The highest BCUT2D eigenvalue weighted by molar-refractivity contribution is 5.61. The Morgan fingerprint density at radius 1 is 1.44 bits per heavy atom. The van der Waals surface area contributed by atoms with Gasteiger partial charge in [-0.2, -0.15) is 5.26 Å². The van der Waals surface area contributed by atoms with Gasteiger partial charge in [0.05, 0.1) is 11.0 Å². The van der Waals surface area contributed by atoms with Crippen LogP contribution in [0.25, 0.3) is 0 Å². The van der Waals surface area contributed by atoms with Crippen LogP contribution in [0, 0.1) is 26.9 Å². The highest BCUT2D eigenvalue weighted by Gasteiger charge is 2.19. The molecule has 0 saturated carbocycles. The lowest BCUT2D eigenvalue weighted by Crippen LogP contribution is -2.23. The maximum absolute atomic E-state index is 10.8. The third kappa shape index (κ3) is 4.06. The fourth-order valence-electron chi connectivity index (χ4n) is 1.60. The molecule has 0 heterocycles. The van der Waals surface area contributed by atoms with Gasteiger partial charge in [-0.25, -0.2) is 0 Å². The van der Waals surface area contributed by atoms with E-state index in [0.717, 1.165) is 6.42 Å². The molecule has 0 aromatic heterocycles. The third-order valence-electron chi connectivity index (χ3n) is 2.77. The summed E-state index contributed by atoms with van der Waals surface area (Å²) in [5, 5.41) is 22.5. The van der Waals surface area contributed by atoms with Crippen LogP contribution in [0.15, 0.2) is 24.3 Å². The van der Waals surface area contributed by atoms with Crippen molar-refractivity contribution in [1.82, 2.24) is 0 Å². The quantitative estimate of drug-likeness (QED) is 0.617. The summed E-state index contributed by atoms with van der Waals surface area (Å²) in [5.74, 6) is 0. The van der Waals surface area contributed by atoms with Crippen LogP contribution in [-0.2, 0) is 0 Å². The molecule has 0 fully saturated rings. The Hall–Kier alpha value is -2.09. The van der Waals surface area contributed by atoms with Crippen LogP contribution in [0.2, 0.25) is 0 Å². The Morgan fingerprint density at radius 3 is 2.72 bits per heavy atom. The standard InChI is InChI=1S/C13H17N3O2/c1-13(2,8-5-9-14)10-15-11-6-3-4-7-12(11)16(17)18/h3-4,6-7,15H,5,8,10H2,1-2H3. The van der Waals surface area contributed by atoms with Gasteiger partial charge in [0.1, 0.15) is 5.69 Å². The van der Waals surface area contributed by atoms with E-state index >= 15 is 0 Å². The lowest BCUT2D eigenvalue weighted by molar-refractivity contribution is -0.384. The van der Waals surface area contributed by atoms with Crippen LogP contribution in [0.4, 0.5) is 11.4 Å². The number of nitro groups is 1. The lowest BCUT2D eigenvalue weighted by atomic mass is 9.88. The Morgan fingerprint density at radius 2 is 2.11 bits per heavy atom. The van der Waals surface area contributed by atoms with Crippen LogP contribution in [0.3, 0.4) is 0 Å². The van der Waals surface area contributed by atoms with Gasteiger partial charge in [0.15, 0.2) is 0 Å². The Kier molecular flexibility index (Phi) is 4.67. The molecule has 0 aliphatic heterocycles. The van der Waals surface area contributed by atoms with Gasteiger partial charge in [-0.3, -0.25) is 10.1 Å². The first-order valence-corrected chi connectivity index (χ1v) is 5.80. The van der Waals surface area contributed by atoms with Gasteiger partial charge in [-0.1, -0.05) is 26.0 Å². The summed E-state index contributed by atoms with van der Waals surface area (Å²) in [7, 11) is 0. The SMILES string of the molecule is CC(C)(CCC#N)CNc1ccccc1[N+](=O)[O-]. The summed E-state index contributed by atoms with van der Waals surface area (Å²) in [4.78, 5) is 10.4. The minimum absolute atomic E-state index is 0.0700. The second-order valence-corrected chi connectivity index (χ2v) is 4.95. The molecule has 5 nitrogen and oxygen atoms in total. The molecule has 1 rings (SSSR count). The minimum atomic E-state index is -0.398. The molecule has 0 aliphatic rings. The van der Waals surface area contributed by atoms with E-state index in [1.807, 2.05) is 13.8 Å². The third-order valence-corrected chi connectivity index (χ3v) is 2.77. The van der Waals surface area contributed by atoms with Crippen LogP contribution < -0.4 is 5.32 Å². The van der Waals surface area contributed by atoms with Crippen molar-refractivity contribution < 1.29 is 4.92 Å². The van der Waals surface area contributed by atoms with E-state index in [1.54, 1.807) is 18.2 Å². The normalized spacial score (nSPS) is 10.7. The van der Waals surface area contributed by atoms with E-state index in [2.05, 4.69) is 11.4 Å². The summed E-state index contributed by atoms with van der Waals surface area (Å²) < 4.78 is 0. The van der Waals surface area contributed by atoms with Crippen LogP contribution in [0.1, 0.15) is 26.7 Å². The van der Waals surface area contributed by atoms with Gasteiger partial charge in [-0.05, 0) is 17.9 Å². The molecule has 0 unspecified atom stereocenters. The predicted octanol–water partition coefficient (Wildman–Crippen LogP) is 3.34. The fourth-order valence-corrected chi connectivity index (χ4v) is 1.60. The van der Waals surface area contributed by atoms with E-state index in [-0.39, 0.29) is 11.1 Å². The average Bonchev–Trinajstić information content (AvgIpc) is 2.34. The van der Waals surface area contributed by atoms with Crippen molar-refractivity contribution in [2.24, 2.45) is 5.41 Å². The van der Waals surface area contributed by atoms with Crippen LogP contribution in [0.5, 0.6) is 0 Å². The molecule has 0 bridgehead atoms. The first-order valence-electron chi connectivity index (χ1n) is 5.80. The number of nitriles is 1. The van der Waals surface area contributed by atoms with E-state index in [1.165, 1.54) is 6.07 Å². The maximum Gasteiger partial charge on any atom is 0.292 e. The van der Waals surface area contributed by atoms with E-state index in [9.17, 15) is 10.1 Å². The zero-order valence-electron chi connectivity index (χ0n) is 10.6. The number of para-hydroxylation sites is 2. The van der Waals surface area contributed by atoms with E-state index in [4.69, 9.17) is 5.26 Å². The Labute approximate surface area is 107 Å². The highest BCUT2D eigenvalue weighted by atomic mass is 16.6. The van der Waals surface area contributed by atoms with Crippen molar-refractivity contribution in [2.45, 2.75) is 26.7 Å². The van der Waals surface area contributed by atoms with E-state index in [0.29, 0.717) is 18.7 Å². The molecule has 0 radical (unpaired) electrons. The second kappa shape index (κ2) is 6.01. The first-order chi connectivity index (χ1) is 8.46. The van der Waals surface area contributed by atoms with Crippen molar-refractivity contribution in [1.29, 1.82) is 5.26 Å². The number of anilines is 1. The Balaban J connectivity index is 2.69. The zero-order chi connectivity index (χ0) is 13.6. The lowest BCUT2D eigenvalue weighted by Gasteiger charge is -2.24. The van der Waals surface area contributed by atoms with Crippen LogP contribution >= 0.6 is 0 Å². The molecular weight excluding hydrogens is 230 g/mol. The molecule has 1 aromatic rings. The second-order valence-electron chi connectivity index (χ2n) is 4.95. The first kappa shape index (κ1) is 14.0. The molecule has 0 atom stereocenters. The van der Waals surface area contributed by atoms with Gasteiger partial charge in [0.25, 0.3) is 5.69 Å². The van der Waals surface area contributed by atoms with Gasteiger partial charge < -0.3 is 5.32 Å². The summed E-state index contributed by atoms with van der Waals surface area (Å²) in [6.07, 6.45) is 1.25. The van der Waals surface area contributed by atoms with Gasteiger partial charge in [0, 0.05) is 19.0 Å². The minimum Gasteiger partial charge on any atom is -0.379 e. The van der Waals surface area contributed by atoms with Crippen molar-refractivity contribution in [2.75, 3.05) is 11.9 Å². The summed E-state index contributed by atoms with van der Waals surface area (Å²) in [6.45, 7) is 4.66. The molecule has 0 aliphatic carbocycles. The number of nitro benzene ring substituents is 1. The molecular formula is C13H17N3O2. The zero-order valence-corrected chi connectivity index (χ0v) is 10.6. The summed E-state index contributed by atoms with van der Waals surface area (Å²) in [6, 6.07) is 8.69. The molecule has 5 heteroatoms. The number of nitrogens with one attached hydrogen (secondary N) is 1. The molecule has 0 amide bonds. The molecule has 96 valence electrons. The number of benzene rings is 1. The Bertz CT molecular complexity index is 464. The highest BCUT2D eigenvalue weighted by Crippen LogP contribution is 2.27. The van der Waals surface area contributed by atoms with Crippen molar-refractivity contribution in [3.63, 3.8) is 0 Å². The molecule has 1 N–H and O–H groups in total. The number of hydrogen-bond acceptors (Lipinski definition) is 4. The monoisotopic (exact) mass is 247 g/mol. The molecule has 0 saturated heterocycles. The van der Waals surface area contributed by atoms with Crippen molar-refractivity contribution in [3.8, 4) is 6.07 Å². The van der Waals surface area contributed by atoms with Crippen molar-refractivity contribution in [3.05, 3.63) is 34.4 Å². The van der Waals surface area contributed by atoms with Gasteiger partial charge in [-0.15, -0.1) is 0 Å². The molecule has 0 spiro atoms. The summed E-state index contributed by atoms with van der Waals surface area (Å²) >= 11 is 0. The number of hydrogen-bond donors (Lipinski definition) is 1. The fraction of sp³-hybridized carbons (Fsp3) is 0.462. The topological polar surface area (TPSA) is 79.0 Å². The van der Waals surface area contributed by atoms with Gasteiger partial charge >= 0.3 is 0 Å². The van der Waals surface area contributed by atoms with E-state index < -0.39 is 4.92 Å². The summed E-state index contributed by atoms with van der Waals surface area (Å²) in [5.41, 5.74) is 0.528. The van der Waals surface area contributed by atoms with Crippen LogP contribution in [-0.4, -0.2) is 11.5 Å². The van der Waals surface area contributed by atoms with Gasteiger partial charge in [0.2, 0.25) is 0 Å². The maximum atomic E-state index is 10.8. The molecule has 1 aromatic carbocycles. The number of nitrogens with zero attached hydrogens (tertiary/aromatic N) is 2. The predicted molar refractivity (Wildman–Crippen MR) is 70.2 cm³/mol. The largest absolute Gasteiger partial charge is 0.379 e.